The van der Waals surface area contributed by atoms with E-state index in [2.05, 4.69) is 9.71 Å². The molecule has 2 N–H and O–H groups in total. The van der Waals surface area contributed by atoms with Gasteiger partial charge in [0, 0.05) is 11.8 Å². The lowest BCUT2D eigenvalue weighted by atomic mass is 10.1. The van der Waals surface area contributed by atoms with Crippen molar-refractivity contribution in [3.63, 3.8) is 0 Å². The molecule has 0 saturated carbocycles. The van der Waals surface area contributed by atoms with Crippen LogP contribution in [0.15, 0.2) is 56.7 Å². The van der Waals surface area contributed by atoms with Gasteiger partial charge >= 0.3 is 0 Å². The van der Waals surface area contributed by atoms with Crippen LogP contribution in [0.3, 0.4) is 0 Å². The molecule has 0 atom stereocenters. The molecule has 108 valence electrons. The van der Waals surface area contributed by atoms with Crippen molar-refractivity contribution in [2.45, 2.75) is 4.90 Å². The number of fused-ring (bicyclic) bond motifs is 1. The summed E-state index contributed by atoms with van der Waals surface area (Å²) in [6, 6.07) is 9.58. The monoisotopic (exact) mass is 304 g/mol. The first-order valence-electron chi connectivity index (χ1n) is 6.16. The third-order valence-electron chi connectivity index (χ3n) is 3.15. The van der Waals surface area contributed by atoms with E-state index in [4.69, 9.17) is 4.42 Å². The Kier molecular flexibility index (Phi) is 3.15. The summed E-state index contributed by atoms with van der Waals surface area (Å²) in [4.78, 5) is 14.4. The summed E-state index contributed by atoms with van der Waals surface area (Å²) in [7, 11) is -2.18. The second-order valence-electron chi connectivity index (χ2n) is 4.43. The first-order chi connectivity index (χ1) is 10.0. The minimum Gasteiger partial charge on any atom is -0.456 e. The van der Waals surface area contributed by atoms with Crippen LogP contribution < -0.4 is 10.3 Å². The number of furan rings is 1. The minimum atomic E-state index is -3.53. The van der Waals surface area contributed by atoms with Crippen LogP contribution in [0, 0.1) is 0 Å². The van der Waals surface area contributed by atoms with E-state index in [0.717, 1.165) is 0 Å². The molecule has 0 aliphatic heterocycles. The van der Waals surface area contributed by atoms with Crippen molar-refractivity contribution in [2.75, 3.05) is 7.05 Å². The molecular formula is C14H12N2O4S. The summed E-state index contributed by atoms with van der Waals surface area (Å²) in [5.41, 5.74) is 0.791. The van der Waals surface area contributed by atoms with Crippen molar-refractivity contribution in [3.05, 3.63) is 52.9 Å². The van der Waals surface area contributed by atoms with Crippen molar-refractivity contribution < 1.29 is 12.8 Å². The maximum Gasteiger partial charge on any atom is 0.259 e. The van der Waals surface area contributed by atoms with Crippen LogP contribution in [0.25, 0.3) is 22.3 Å². The lowest BCUT2D eigenvalue weighted by Gasteiger charge is -2.03. The van der Waals surface area contributed by atoms with E-state index in [0.29, 0.717) is 22.3 Å². The Balaban J connectivity index is 2.17. The number of nitrogens with one attached hydrogen (secondary N) is 2. The molecule has 0 bridgehead atoms. The molecule has 3 rings (SSSR count). The Labute approximate surface area is 120 Å². The second-order valence-corrected chi connectivity index (χ2v) is 6.32. The molecule has 0 spiro atoms. The number of rotatable bonds is 3. The molecule has 2 aromatic heterocycles. The van der Waals surface area contributed by atoms with E-state index in [1.54, 1.807) is 24.3 Å². The van der Waals surface area contributed by atoms with E-state index in [1.807, 2.05) is 0 Å². The summed E-state index contributed by atoms with van der Waals surface area (Å²) in [5, 5.41) is 0.425. The number of hydrogen-bond acceptors (Lipinski definition) is 4. The number of pyridine rings is 1. The number of hydrogen-bond donors (Lipinski definition) is 2. The van der Waals surface area contributed by atoms with Gasteiger partial charge in [0.2, 0.25) is 10.0 Å². The van der Waals surface area contributed by atoms with Gasteiger partial charge in [0.15, 0.2) is 0 Å². The number of sulfonamides is 1. The van der Waals surface area contributed by atoms with E-state index in [1.165, 1.54) is 25.4 Å². The van der Waals surface area contributed by atoms with Crippen LogP contribution in [-0.4, -0.2) is 20.4 Å². The zero-order chi connectivity index (χ0) is 15.0. The van der Waals surface area contributed by atoms with Crippen molar-refractivity contribution in [2.24, 2.45) is 0 Å². The van der Waals surface area contributed by atoms with Gasteiger partial charge in [-0.15, -0.1) is 0 Å². The standard InChI is InChI=1S/C14H12N2O4S/c1-15-21(18,19)10-4-2-3-9(7-10)13-8-11-12(20-13)5-6-16-14(11)17/h2-8,15H,1H3,(H,16,17). The molecule has 0 saturated heterocycles. The van der Waals surface area contributed by atoms with Crippen LogP contribution >= 0.6 is 0 Å². The quantitative estimate of drug-likeness (QED) is 0.770. The van der Waals surface area contributed by atoms with Crippen LogP contribution in [0.4, 0.5) is 0 Å². The van der Waals surface area contributed by atoms with Crippen LogP contribution in [0.1, 0.15) is 0 Å². The fraction of sp³-hybridized carbons (Fsp3) is 0.0714. The molecule has 0 radical (unpaired) electrons. The third kappa shape index (κ3) is 2.37. The van der Waals surface area contributed by atoms with E-state index in [9.17, 15) is 13.2 Å². The molecule has 0 aliphatic carbocycles. The molecule has 1 aromatic carbocycles. The average molecular weight is 304 g/mol. The first-order valence-corrected chi connectivity index (χ1v) is 7.65. The molecule has 0 unspecified atom stereocenters. The van der Waals surface area contributed by atoms with Crippen molar-refractivity contribution in [3.8, 4) is 11.3 Å². The fourth-order valence-electron chi connectivity index (χ4n) is 2.05. The van der Waals surface area contributed by atoms with Gasteiger partial charge < -0.3 is 9.40 Å². The van der Waals surface area contributed by atoms with Gasteiger partial charge in [-0.2, -0.15) is 0 Å². The van der Waals surface area contributed by atoms with Gasteiger partial charge in [0.05, 0.1) is 10.3 Å². The Bertz CT molecular complexity index is 970. The highest BCUT2D eigenvalue weighted by Gasteiger charge is 2.14. The van der Waals surface area contributed by atoms with E-state index >= 15 is 0 Å². The summed E-state index contributed by atoms with van der Waals surface area (Å²) in [6.45, 7) is 0. The lowest BCUT2D eigenvalue weighted by Crippen LogP contribution is -2.18. The Morgan fingerprint density at radius 3 is 2.71 bits per heavy atom. The normalized spacial score (nSPS) is 11.9. The highest BCUT2D eigenvalue weighted by molar-refractivity contribution is 7.89. The van der Waals surface area contributed by atoms with Crippen molar-refractivity contribution in [1.29, 1.82) is 0 Å². The van der Waals surface area contributed by atoms with Crippen LogP contribution in [0.5, 0.6) is 0 Å². The predicted octanol–water partition coefficient (Wildman–Crippen LogP) is 1.70. The molecule has 21 heavy (non-hydrogen) atoms. The summed E-state index contributed by atoms with van der Waals surface area (Å²) >= 11 is 0. The van der Waals surface area contributed by atoms with Crippen molar-refractivity contribution in [1.82, 2.24) is 9.71 Å². The molecule has 3 aromatic rings. The highest BCUT2D eigenvalue weighted by Crippen LogP contribution is 2.27. The number of benzene rings is 1. The molecule has 0 fully saturated rings. The van der Waals surface area contributed by atoms with Gasteiger partial charge in [0.25, 0.3) is 5.56 Å². The number of aromatic amines is 1. The highest BCUT2D eigenvalue weighted by atomic mass is 32.2. The maximum atomic E-state index is 11.8. The number of H-pyrrole nitrogens is 1. The SMILES string of the molecule is CNS(=O)(=O)c1cccc(-c2cc3c(=O)[nH]ccc3o2)c1. The molecule has 7 heteroatoms. The Morgan fingerprint density at radius 2 is 2.00 bits per heavy atom. The Morgan fingerprint density at radius 1 is 1.19 bits per heavy atom. The molecule has 6 nitrogen and oxygen atoms in total. The second kappa shape index (κ2) is 4.87. The molecule has 0 amide bonds. The average Bonchev–Trinajstić information content (AvgIpc) is 2.93. The topological polar surface area (TPSA) is 92.2 Å². The molecule has 0 aliphatic rings. The number of aromatic nitrogens is 1. The first kappa shape index (κ1) is 13.6. The summed E-state index contributed by atoms with van der Waals surface area (Å²) in [6.07, 6.45) is 1.50. The van der Waals surface area contributed by atoms with Crippen LogP contribution in [-0.2, 0) is 10.0 Å². The summed E-state index contributed by atoms with van der Waals surface area (Å²) in [5.74, 6) is 0.440. The lowest BCUT2D eigenvalue weighted by molar-refractivity contribution is 0.588. The van der Waals surface area contributed by atoms with Gasteiger partial charge in [0.1, 0.15) is 11.3 Å². The van der Waals surface area contributed by atoms with Gasteiger partial charge in [-0.05, 0) is 31.3 Å². The largest absolute Gasteiger partial charge is 0.456 e. The summed E-state index contributed by atoms with van der Waals surface area (Å²) < 4.78 is 31.5. The zero-order valence-electron chi connectivity index (χ0n) is 11.1. The fourth-order valence-corrected chi connectivity index (χ4v) is 2.83. The zero-order valence-corrected chi connectivity index (χ0v) is 11.9. The van der Waals surface area contributed by atoms with E-state index in [-0.39, 0.29) is 10.5 Å². The Hall–Kier alpha value is -2.38. The van der Waals surface area contributed by atoms with Crippen molar-refractivity contribution >= 4 is 21.0 Å². The van der Waals surface area contributed by atoms with Gasteiger partial charge in [-0.1, -0.05) is 12.1 Å². The molecule has 2 heterocycles. The van der Waals surface area contributed by atoms with Crippen LogP contribution in [0.2, 0.25) is 0 Å². The smallest absolute Gasteiger partial charge is 0.259 e. The minimum absolute atomic E-state index is 0.136. The van der Waals surface area contributed by atoms with Gasteiger partial charge in [-0.25, -0.2) is 13.1 Å². The maximum absolute atomic E-state index is 11.8. The van der Waals surface area contributed by atoms with E-state index < -0.39 is 10.0 Å². The molecular weight excluding hydrogens is 292 g/mol. The van der Waals surface area contributed by atoms with Gasteiger partial charge in [-0.3, -0.25) is 4.79 Å². The third-order valence-corrected chi connectivity index (χ3v) is 4.56. The predicted molar refractivity (Wildman–Crippen MR) is 78.5 cm³/mol.